The van der Waals surface area contributed by atoms with Crippen LogP contribution in [0.5, 0.6) is 0 Å². The third kappa shape index (κ3) is 0.850. The Morgan fingerprint density at radius 1 is 1.07 bits per heavy atom. The Hall–Kier alpha value is -1.72. The highest BCUT2D eigenvalue weighted by molar-refractivity contribution is 6.24. The monoisotopic (exact) mass is 196 g/mol. The van der Waals surface area contributed by atoms with Crippen LogP contribution < -0.4 is 0 Å². The highest BCUT2D eigenvalue weighted by atomic mass is 16.2. The van der Waals surface area contributed by atoms with E-state index < -0.39 is 29.5 Å². The summed E-state index contributed by atoms with van der Waals surface area (Å²) in [6.45, 7) is 1.67. The lowest BCUT2D eigenvalue weighted by molar-refractivity contribution is -0.159. The molecule has 0 aliphatic carbocycles. The first-order valence-electron chi connectivity index (χ1n) is 4.31. The molecule has 2 saturated heterocycles. The van der Waals surface area contributed by atoms with Crippen molar-refractivity contribution in [1.29, 1.82) is 0 Å². The maximum Gasteiger partial charge on any atom is 0.261 e. The van der Waals surface area contributed by atoms with E-state index in [0.717, 1.165) is 0 Å². The van der Waals surface area contributed by atoms with E-state index in [1.807, 2.05) is 0 Å². The predicted octanol–water partition coefficient (Wildman–Crippen LogP) is -0.945. The number of imide groups is 2. The topological polar surface area (TPSA) is 74.8 Å². The fraction of sp³-hybridized carbons (Fsp3) is 0.500. The van der Waals surface area contributed by atoms with Crippen molar-refractivity contribution in [2.24, 2.45) is 5.92 Å². The molecule has 6 heteroatoms. The highest BCUT2D eigenvalue weighted by Gasteiger charge is 2.54. The molecular weight excluding hydrogens is 188 g/mol. The zero-order valence-electron chi connectivity index (χ0n) is 7.52. The second kappa shape index (κ2) is 2.63. The average molecular weight is 196 g/mol. The van der Waals surface area contributed by atoms with Gasteiger partial charge in [-0.3, -0.25) is 19.2 Å². The number of hydrogen-bond donors (Lipinski definition) is 0. The van der Waals surface area contributed by atoms with Gasteiger partial charge in [-0.1, -0.05) is 6.92 Å². The van der Waals surface area contributed by atoms with Crippen LogP contribution in [0.3, 0.4) is 0 Å². The molecule has 0 aromatic heterocycles. The van der Waals surface area contributed by atoms with Gasteiger partial charge in [0.1, 0.15) is 12.3 Å². The molecule has 2 aliphatic rings. The van der Waals surface area contributed by atoms with Crippen LogP contribution in [0.25, 0.3) is 0 Å². The lowest BCUT2D eigenvalue weighted by Crippen LogP contribution is -2.38. The van der Waals surface area contributed by atoms with E-state index in [0.29, 0.717) is 16.4 Å². The van der Waals surface area contributed by atoms with Crippen molar-refractivity contribution in [3.8, 4) is 0 Å². The van der Waals surface area contributed by atoms with Gasteiger partial charge in [0.25, 0.3) is 23.6 Å². The van der Waals surface area contributed by atoms with Crippen molar-refractivity contribution in [2.75, 3.05) is 0 Å². The normalized spacial score (nSPS) is 22.6. The molecule has 0 bridgehead atoms. The third-order valence-electron chi connectivity index (χ3n) is 2.40. The minimum Gasteiger partial charge on any atom is -0.272 e. The molecule has 4 amide bonds. The predicted molar refractivity (Wildman–Crippen MR) is 42.1 cm³/mol. The molecule has 2 fully saturated rings. The van der Waals surface area contributed by atoms with Crippen molar-refractivity contribution < 1.29 is 19.2 Å². The number of amides is 4. The van der Waals surface area contributed by atoms with Gasteiger partial charge in [-0.25, -0.2) is 0 Å². The van der Waals surface area contributed by atoms with Crippen LogP contribution >= 0.6 is 0 Å². The average Bonchev–Trinajstić information content (AvgIpc) is 2.53. The lowest BCUT2D eigenvalue weighted by Gasteiger charge is -2.12. The van der Waals surface area contributed by atoms with Gasteiger partial charge in [0.2, 0.25) is 0 Å². The molecule has 0 aromatic carbocycles. The fourth-order valence-electron chi connectivity index (χ4n) is 1.70. The Morgan fingerprint density at radius 3 is 1.86 bits per heavy atom. The summed E-state index contributed by atoms with van der Waals surface area (Å²) in [7, 11) is 0. The quantitative estimate of drug-likeness (QED) is 0.400. The maximum atomic E-state index is 11.5. The van der Waals surface area contributed by atoms with E-state index in [-0.39, 0.29) is 6.42 Å². The van der Waals surface area contributed by atoms with Crippen molar-refractivity contribution in [3.63, 3.8) is 0 Å². The highest BCUT2D eigenvalue weighted by Crippen LogP contribution is 2.28. The number of carbonyl (C=O) groups excluding carboxylic acids is 4. The summed E-state index contributed by atoms with van der Waals surface area (Å²) < 4.78 is 0. The van der Waals surface area contributed by atoms with Crippen molar-refractivity contribution >= 4 is 23.6 Å². The van der Waals surface area contributed by atoms with Crippen LogP contribution in [-0.2, 0) is 19.2 Å². The Bertz CT molecular complexity index is 330. The summed E-state index contributed by atoms with van der Waals surface area (Å²) in [6, 6.07) is 0. The van der Waals surface area contributed by atoms with E-state index in [4.69, 9.17) is 0 Å². The molecule has 0 unspecified atom stereocenters. The second-order valence-electron chi connectivity index (χ2n) is 3.23. The van der Waals surface area contributed by atoms with Gasteiger partial charge >= 0.3 is 0 Å². The largest absolute Gasteiger partial charge is 0.272 e. The van der Waals surface area contributed by atoms with Crippen molar-refractivity contribution in [3.05, 3.63) is 0 Å². The summed E-state index contributed by atoms with van der Waals surface area (Å²) in [5, 5.41) is 1.33. The molecule has 0 aromatic rings. The smallest absolute Gasteiger partial charge is 0.261 e. The van der Waals surface area contributed by atoms with Gasteiger partial charge in [0.05, 0.1) is 0 Å². The molecule has 2 rings (SSSR count). The van der Waals surface area contributed by atoms with Crippen LogP contribution in [0.15, 0.2) is 0 Å². The number of nitrogens with zero attached hydrogens (tertiary/aromatic N) is 2. The number of hydrogen-bond acceptors (Lipinski definition) is 4. The summed E-state index contributed by atoms with van der Waals surface area (Å²) in [5.41, 5.74) is 0. The Morgan fingerprint density at radius 2 is 1.50 bits per heavy atom. The molecule has 74 valence electrons. The molecule has 2 aliphatic heterocycles. The summed E-state index contributed by atoms with van der Waals surface area (Å²) in [6.07, 6.45) is -0.0703. The zero-order valence-corrected chi connectivity index (χ0v) is 7.52. The van der Waals surface area contributed by atoms with Crippen LogP contribution in [0, 0.1) is 5.92 Å². The van der Waals surface area contributed by atoms with Crippen molar-refractivity contribution in [1.82, 2.24) is 10.0 Å². The van der Waals surface area contributed by atoms with E-state index in [1.165, 1.54) is 0 Å². The van der Waals surface area contributed by atoms with Crippen LogP contribution in [0.4, 0.5) is 0 Å². The van der Waals surface area contributed by atoms with E-state index >= 15 is 0 Å². The minimum atomic E-state index is -0.858. The Labute approximate surface area is 79.4 Å². The molecule has 0 saturated carbocycles. The molecule has 0 N–H and O–H groups in total. The Kier molecular flexibility index (Phi) is 1.67. The summed E-state index contributed by atoms with van der Waals surface area (Å²) >= 11 is 0. The maximum absolute atomic E-state index is 11.5. The van der Waals surface area contributed by atoms with E-state index in [9.17, 15) is 19.2 Å². The van der Waals surface area contributed by atoms with Crippen LogP contribution in [-0.4, -0.2) is 33.6 Å². The van der Waals surface area contributed by atoms with Gasteiger partial charge < -0.3 is 0 Å². The number of fused-ring (bicyclic) bond motifs is 1. The molecule has 0 atom stereocenters. The number of rotatable bonds is 1. The third-order valence-corrected chi connectivity index (χ3v) is 2.40. The molecular formula is C8H8N2O4. The van der Waals surface area contributed by atoms with Gasteiger partial charge in [-0.15, -0.1) is 0 Å². The first kappa shape index (κ1) is 8.86. The number of hydrazine groups is 1. The van der Waals surface area contributed by atoms with E-state index in [1.54, 1.807) is 6.92 Å². The molecule has 6 nitrogen and oxygen atoms in total. The molecule has 0 radical (unpaired) electrons. The van der Waals surface area contributed by atoms with Gasteiger partial charge in [-0.2, -0.15) is 10.0 Å². The number of carbonyl (C=O) groups is 4. The Balaban J connectivity index is 2.42. The SMILES string of the molecule is CCC1C(=O)N2C(=O)CC(=O)N2C1=O. The zero-order chi connectivity index (χ0) is 10.5. The fourth-order valence-corrected chi connectivity index (χ4v) is 1.70. The van der Waals surface area contributed by atoms with Gasteiger partial charge in [0, 0.05) is 0 Å². The molecule has 2 heterocycles. The lowest BCUT2D eigenvalue weighted by atomic mass is 10.1. The second-order valence-corrected chi connectivity index (χ2v) is 3.23. The first-order chi connectivity index (χ1) is 6.57. The summed E-state index contributed by atoms with van der Waals surface area (Å²) in [5.74, 6) is -3.22. The van der Waals surface area contributed by atoms with Gasteiger partial charge in [0.15, 0.2) is 0 Å². The minimum absolute atomic E-state index is 0.311. The van der Waals surface area contributed by atoms with E-state index in [2.05, 4.69) is 0 Å². The molecule has 14 heavy (non-hydrogen) atoms. The van der Waals surface area contributed by atoms with Gasteiger partial charge in [-0.05, 0) is 6.42 Å². The standard InChI is InChI=1S/C8H8N2O4/c1-2-4-7(13)9-5(11)3-6(12)10(9)8(4)14/h4H,2-3H2,1H3. The first-order valence-corrected chi connectivity index (χ1v) is 4.31. The van der Waals surface area contributed by atoms with Crippen LogP contribution in [0.1, 0.15) is 19.8 Å². The molecule has 0 spiro atoms. The van der Waals surface area contributed by atoms with Crippen molar-refractivity contribution in [2.45, 2.75) is 19.8 Å². The summed E-state index contributed by atoms with van der Waals surface area (Å²) in [4.78, 5) is 45.3. The van der Waals surface area contributed by atoms with Crippen LogP contribution in [0.2, 0.25) is 0 Å².